The van der Waals surface area contributed by atoms with Crippen molar-refractivity contribution in [1.29, 1.82) is 0 Å². The average Bonchev–Trinajstić information content (AvgIpc) is 3.42. The molecule has 216 valence electrons. The number of carbonyl (C=O) groups is 2. The molecule has 5 rings (SSSR count). The number of aliphatic hydroxyl groups excluding tert-OH is 1. The molecule has 0 spiro atoms. The van der Waals surface area contributed by atoms with Crippen LogP contribution in [0.1, 0.15) is 62.7 Å². The number of aromatic nitrogens is 2. The standard InChI is InChI=1S/C35H32N4O4/c1-22(2)43-33-30(27(21-40)18-26-19-38-32-11-4-3-10-29(26)32)16-24(17-31(33)34(36)41)13-12-23-7-5-8-25(15-23)35(42)39-28-9-6-14-37-20-28/h3-11,14-17,19-20,22,27,38,40H,18,21H2,1-2H3,(H2,36,41)(H,39,42)/t27-/m0/s1. The molecule has 0 unspecified atom stereocenters. The highest BCUT2D eigenvalue weighted by Gasteiger charge is 2.24. The van der Waals surface area contributed by atoms with Crippen LogP contribution < -0.4 is 15.8 Å². The molecule has 5 N–H and O–H groups in total. The topological polar surface area (TPSA) is 130 Å². The Balaban J connectivity index is 1.51. The number of nitrogens with zero attached hydrogens (tertiary/aromatic N) is 1. The van der Waals surface area contributed by atoms with Gasteiger partial charge in [0.25, 0.3) is 11.8 Å². The highest BCUT2D eigenvalue weighted by Crippen LogP contribution is 2.35. The van der Waals surface area contributed by atoms with Crippen molar-refractivity contribution in [1.82, 2.24) is 9.97 Å². The maximum absolute atomic E-state index is 12.8. The van der Waals surface area contributed by atoms with E-state index in [-0.39, 0.29) is 24.2 Å². The number of carbonyl (C=O) groups excluding carboxylic acids is 2. The zero-order valence-corrected chi connectivity index (χ0v) is 23.9. The van der Waals surface area contributed by atoms with Gasteiger partial charge in [-0.1, -0.05) is 36.1 Å². The number of hydrogen-bond acceptors (Lipinski definition) is 5. The lowest BCUT2D eigenvalue weighted by atomic mass is 9.88. The third kappa shape index (κ3) is 6.92. The van der Waals surface area contributed by atoms with Crippen LogP contribution >= 0.6 is 0 Å². The lowest BCUT2D eigenvalue weighted by Crippen LogP contribution is -2.19. The van der Waals surface area contributed by atoms with Crippen LogP contribution in [0.3, 0.4) is 0 Å². The van der Waals surface area contributed by atoms with Gasteiger partial charge in [-0.15, -0.1) is 0 Å². The lowest BCUT2D eigenvalue weighted by molar-refractivity contribution is 0.0991. The molecule has 0 aliphatic heterocycles. The van der Waals surface area contributed by atoms with E-state index in [1.165, 1.54) is 0 Å². The first kappa shape index (κ1) is 29.1. The second-order valence-electron chi connectivity index (χ2n) is 10.4. The molecule has 0 aliphatic carbocycles. The second-order valence-corrected chi connectivity index (χ2v) is 10.4. The predicted octanol–water partition coefficient (Wildman–Crippen LogP) is 5.42. The Bertz CT molecular complexity index is 1830. The summed E-state index contributed by atoms with van der Waals surface area (Å²) >= 11 is 0. The first-order valence-corrected chi connectivity index (χ1v) is 14.0. The Morgan fingerprint density at radius 2 is 1.84 bits per heavy atom. The van der Waals surface area contributed by atoms with Gasteiger partial charge in [0.05, 0.1) is 30.2 Å². The van der Waals surface area contributed by atoms with E-state index in [9.17, 15) is 14.7 Å². The number of fused-ring (bicyclic) bond motifs is 1. The lowest BCUT2D eigenvalue weighted by Gasteiger charge is -2.23. The summed E-state index contributed by atoms with van der Waals surface area (Å²) in [6.45, 7) is 3.55. The smallest absolute Gasteiger partial charge is 0.255 e. The van der Waals surface area contributed by atoms with E-state index < -0.39 is 11.8 Å². The van der Waals surface area contributed by atoms with Gasteiger partial charge in [0.2, 0.25) is 0 Å². The second kappa shape index (κ2) is 13.1. The van der Waals surface area contributed by atoms with Crippen molar-refractivity contribution in [3.63, 3.8) is 0 Å². The molecule has 2 amide bonds. The van der Waals surface area contributed by atoms with Crippen molar-refractivity contribution < 1.29 is 19.4 Å². The predicted molar refractivity (Wildman–Crippen MR) is 167 cm³/mol. The van der Waals surface area contributed by atoms with Gasteiger partial charge < -0.3 is 25.9 Å². The van der Waals surface area contributed by atoms with Crippen molar-refractivity contribution in [2.24, 2.45) is 5.73 Å². The number of H-pyrrole nitrogens is 1. The quantitative estimate of drug-likeness (QED) is 0.175. The Labute approximate surface area is 249 Å². The molecule has 1 atom stereocenters. The van der Waals surface area contributed by atoms with E-state index in [1.54, 1.807) is 54.9 Å². The summed E-state index contributed by atoms with van der Waals surface area (Å²) in [4.78, 5) is 32.7. The summed E-state index contributed by atoms with van der Waals surface area (Å²) in [6.07, 6.45) is 5.40. The molecule has 0 bridgehead atoms. The van der Waals surface area contributed by atoms with E-state index >= 15 is 0 Å². The summed E-state index contributed by atoms with van der Waals surface area (Å²) in [5.74, 6) is 5.23. The van der Waals surface area contributed by atoms with Crippen LogP contribution in [0.4, 0.5) is 5.69 Å². The molecule has 5 aromatic rings. The number of pyridine rings is 1. The van der Waals surface area contributed by atoms with Crippen LogP contribution in [0.25, 0.3) is 10.9 Å². The molecule has 0 saturated heterocycles. The number of aromatic amines is 1. The van der Waals surface area contributed by atoms with Crippen LogP contribution in [-0.4, -0.2) is 39.6 Å². The van der Waals surface area contributed by atoms with Gasteiger partial charge in [0, 0.05) is 51.5 Å². The Hall–Kier alpha value is -5.39. The van der Waals surface area contributed by atoms with Crippen LogP contribution in [0.15, 0.2) is 91.4 Å². The maximum Gasteiger partial charge on any atom is 0.255 e. The number of rotatable bonds is 9. The third-order valence-electron chi connectivity index (χ3n) is 6.93. The number of nitrogens with one attached hydrogen (secondary N) is 2. The van der Waals surface area contributed by atoms with Gasteiger partial charge in [-0.2, -0.15) is 0 Å². The molecule has 3 aromatic carbocycles. The number of hydrogen-bond donors (Lipinski definition) is 4. The van der Waals surface area contributed by atoms with Gasteiger partial charge in [-0.05, 0) is 74.4 Å². The van der Waals surface area contributed by atoms with E-state index in [0.29, 0.717) is 40.1 Å². The Morgan fingerprint density at radius 3 is 2.58 bits per heavy atom. The number of aliphatic hydroxyl groups is 1. The Kier molecular flexibility index (Phi) is 8.85. The third-order valence-corrected chi connectivity index (χ3v) is 6.93. The van der Waals surface area contributed by atoms with Crippen LogP contribution in [-0.2, 0) is 6.42 Å². The molecule has 0 fully saturated rings. The van der Waals surface area contributed by atoms with E-state index in [2.05, 4.69) is 27.1 Å². The molecule has 0 radical (unpaired) electrons. The van der Waals surface area contributed by atoms with Crippen molar-refractivity contribution in [3.05, 3.63) is 125 Å². The summed E-state index contributed by atoms with van der Waals surface area (Å²) in [7, 11) is 0. The van der Waals surface area contributed by atoms with Gasteiger partial charge in [-0.3, -0.25) is 14.6 Å². The van der Waals surface area contributed by atoms with Crippen LogP contribution in [0, 0.1) is 11.8 Å². The first-order valence-electron chi connectivity index (χ1n) is 14.0. The highest BCUT2D eigenvalue weighted by molar-refractivity contribution is 6.04. The minimum absolute atomic E-state index is 0.183. The number of nitrogens with two attached hydrogens (primary N) is 1. The molecular formula is C35H32N4O4. The SMILES string of the molecule is CC(C)Oc1c(C(N)=O)cc(C#Cc2cccc(C(=O)Nc3cccnc3)c2)cc1[C@H](CO)Cc1c[nH]c2ccccc12. The Morgan fingerprint density at radius 1 is 1.02 bits per heavy atom. The summed E-state index contributed by atoms with van der Waals surface area (Å²) in [6, 6.07) is 21.9. The molecular weight excluding hydrogens is 540 g/mol. The number of amides is 2. The summed E-state index contributed by atoms with van der Waals surface area (Å²) < 4.78 is 6.12. The molecule has 2 heterocycles. The maximum atomic E-state index is 12.8. The van der Waals surface area contributed by atoms with Gasteiger partial charge in [0.1, 0.15) is 5.75 Å². The van der Waals surface area contributed by atoms with Gasteiger partial charge in [-0.25, -0.2) is 0 Å². The monoisotopic (exact) mass is 572 g/mol. The fourth-order valence-corrected chi connectivity index (χ4v) is 4.94. The zero-order chi connectivity index (χ0) is 30.3. The van der Waals surface area contributed by atoms with Gasteiger partial charge >= 0.3 is 0 Å². The summed E-state index contributed by atoms with van der Waals surface area (Å²) in [5.41, 5.74) is 10.9. The minimum Gasteiger partial charge on any atom is -0.490 e. The minimum atomic E-state index is -0.654. The molecule has 2 aromatic heterocycles. The van der Waals surface area contributed by atoms with E-state index in [0.717, 1.165) is 16.5 Å². The molecule has 8 heteroatoms. The van der Waals surface area contributed by atoms with Gasteiger partial charge in [0.15, 0.2) is 0 Å². The van der Waals surface area contributed by atoms with Crippen molar-refractivity contribution in [3.8, 4) is 17.6 Å². The zero-order valence-electron chi connectivity index (χ0n) is 23.9. The van der Waals surface area contributed by atoms with Crippen molar-refractivity contribution >= 4 is 28.4 Å². The highest BCUT2D eigenvalue weighted by atomic mass is 16.5. The number of anilines is 1. The summed E-state index contributed by atoms with van der Waals surface area (Å²) in [5, 5.41) is 14.4. The first-order chi connectivity index (χ1) is 20.8. The van der Waals surface area contributed by atoms with Crippen molar-refractivity contribution in [2.45, 2.75) is 32.3 Å². The van der Waals surface area contributed by atoms with Crippen molar-refractivity contribution in [2.75, 3.05) is 11.9 Å². The fraction of sp³-hybridized carbons (Fsp3) is 0.171. The molecule has 8 nitrogen and oxygen atoms in total. The number of para-hydroxylation sites is 1. The number of benzene rings is 3. The molecule has 0 aliphatic rings. The number of primary amides is 1. The largest absolute Gasteiger partial charge is 0.490 e. The molecule has 43 heavy (non-hydrogen) atoms. The van der Waals surface area contributed by atoms with E-state index in [1.807, 2.05) is 50.4 Å². The van der Waals surface area contributed by atoms with Crippen LogP contribution in [0.5, 0.6) is 5.75 Å². The van der Waals surface area contributed by atoms with Crippen LogP contribution in [0.2, 0.25) is 0 Å². The fourth-order valence-electron chi connectivity index (χ4n) is 4.94. The van der Waals surface area contributed by atoms with E-state index in [4.69, 9.17) is 10.5 Å². The number of ether oxygens (including phenoxy) is 1. The average molecular weight is 573 g/mol. The molecule has 0 saturated carbocycles. The normalized spacial score (nSPS) is 11.5.